The van der Waals surface area contributed by atoms with Crippen LogP contribution < -0.4 is 20.2 Å². The van der Waals surface area contributed by atoms with Crippen LogP contribution in [0.3, 0.4) is 0 Å². The van der Waals surface area contributed by atoms with Crippen molar-refractivity contribution in [3.8, 4) is 0 Å². The standard InChI is InChI=1S/C62H58N2/c1-41-27-33-47(34-28-41)63(45-19-11-9-12-20-45)59-53-25-17-15-23-49(53)57(51-37-31-43(39-55(51)59)61(3,4)5)58-50-24-16-18-26-54(50)60(56-40-44(62(6,7)8)32-38-52(56)58)64(46-21-13-10-14-22-46)48-35-29-42(2)30-36-48/h9-40,49,53H,1-8H3. The number of hydrogen-bond donors (Lipinski definition) is 0. The fourth-order valence-corrected chi connectivity index (χ4v) is 10.1. The summed E-state index contributed by atoms with van der Waals surface area (Å²) in [6.07, 6.45) is 9.47. The Labute approximate surface area is 379 Å². The van der Waals surface area contributed by atoms with Gasteiger partial charge in [-0.05, 0) is 124 Å². The van der Waals surface area contributed by atoms with Crippen LogP contribution in [-0.2, 0) is 10.8 Å². The topological polar surface area (TPSA) is 6.48 Å². The molecule has 64 heavy (non-hydrogen) atoms. The van der Waals surface area contributed by atoms with Crippen molar-refractivity contribution >= 4 is 61.3 Å². The molecular formula is C62H58N2. The van der Waals surface area contributed by atoms with E-state index in [1.54, 1.807) is 0 Å². The summed E-state index contributed by atoms with van der Waals surface area (Å²) in [7, 11) is 0. The maximum Gasteiger partial charge on any atom is 0.0618 e. The lowest BCUT2D eigenvalue weighted by atomic mass is 9.71. The molecule has 10 rings (SSSR count). The first kappa shape index (κ1) is 41.1. The van der Waals surface area contributed by atoms with Gasteiger partial charge in [0.1, 0.15) is 0 Å². The molecule has 8 aromatic rings. The van der Waals surface area contributed by atoms with E-state index in [0.717, 1.165) is 22.7 Å². The second-order valence-electron chi connectivity index (χ2n) is 19.9. The zero-order valence-electron chi connectivity index (χ0n) is 38.5. The molecule has 0 radical (unpaired) electrons. The second-order valence-corrected chi connectivity index (χ2v) is 19.9. The van der Waals surface area contributed by atoms with E-state index >= 15 is 0 Å². The monoisotopic (exact) mass is 830 g/mol. The SMILES string of the molecule is Cc1ccc(N(C2=c3cc(C(C)(C)C)ccc3=C(c3c4ccccc4c(N(c4ccccc4)c4ccc(C)cc4)c4cc(C(C)(C)C)ccc34)C3C=CC=CC23)c2ccccc2)cc1. The number of hydrogen-bond acceptors (Lipinski definition) is 2. The van der Waals surface area contributed by atoms with E-state index in [0.29, 0.717) is 0 Å². The minimum absolute atomic E-state index is 0.0534. The first-order chi connectivity index (χ1) is 30.9. The summed E-state index contributed by atoms with van der Waals surface area (Å²) in [6.45, 7) is 18.3. The van der Waals surface area contributed by atoms with Crippen molar-refractivity contribution in [2.75, 3.05) is 9.80 Å². The Balaban J connectivity index is 1.41. The van der Waals surface area contributed by atoms with Gasteiger partial charge in [-0.25, -0.2) is 0 Å². The Kier molecular flexibility index (Phi) is 10.3. The van der Waals surface area contributed by atoms with Crippen molar-refractivity contribution in [3.05, 3.63) is 232 Å². The van der Waals surface area contributed by atoms with Gasteiger partial charge >= 0.3 is 0 Å². The average Bonchev–Trinajstić information content (AvgIpc) is 3.30. The predicted molar refractivity (Wildman–Crippen MR) is 275 cm³/mol. The van der Waals surface area contributed by atoms with Gasteiger partial charge in [-0.1, -0.05) is 186 Å². The number of rotatable bonds is 7. The van der Waals surface area contributed by atoms with E-state index in [-0.39, 0.29) is 22.7 Å². The molecule has 0 aromatic heterocycles. The largest absolute Gasteiger partial charge is 0.313 e. The van der Waals surface area contributed by atoms with E-state index in [2.05, 4.69) is 259 Å². The smallest absolute Gasteiger partial charge is 0.0618 e. The molecule has 0 N–H and O–H groups in total. The van der Waals surface area contributed by atoms with Crippen molar-refractivity contribution in [3.63, 3.8) is 0 Å². The molecule has 0 amide bonds. The van der Waals surface area contributed by atoms with Crippen molar-refractivity contribution in [2.24, 2.45) is 11.8 Å². The average molecular weight is 831 g/mol. The van der Waals surface area contributed by atoms with Gasteiger partial charge < -0.3 is 9.80 Å². The summed E-state index contributed by atoms with van der Waals surface area (Å²) in [6, 6.07) is 63.8. The molecule has 2 atom stereocenters. The summed E-state index contributed by atoms with van der Waals surface area (Å²) >= 11 is 0. The molecule has 316 valence electrons. The maximum absolute atomic E-state index is 2.54. The fourth-order valence-electron chi connectivity index (χ4n) is 10.1. The van der Waals surface area contributed by atoms with Gasteiger partial charge in [0, 0.05) is 56.3 Å². The molecule has 0 saturated heterocycles. The van der Waals surface area contributed by atoms with E-state index in [4.69, 9.17) is 0 Å². The third kappa shape index (κ3) is 7.25. The van der Waals surface area contributed by atoms with Crippen LogP contribution in [0, 0.1) is 25.7 Å². The van der Waals surface area contributed by atoms with Crippen LogP contribution in [0.4, 0.5) is 28.4 Å². The molecule has 0 bridgehead atoms. The van der Waals surface area contributed by atoms with E-state index < -0.39 is 0 Å². The first-order valence-corrected chi connectivity index (χ1v) is 22.9. The highest BCUT2D eigenvalue weighted by Gasteiger charge is 2.37. The minimum Gasteiger partial charge on any atom is -0.313 e. The lowest BCUT2D eigenvalue weighted by Gasteiger charge is -2.40. The Bertz CT molecular complexity index is 3230. The van der Waals surface area contributed by atoms with Crippen molar-refractivity contribution in [1.82, 2.24) is 0 Å². The van der Waals surface area contributed by atoms with E-state index in [1.807, 2.05) is 0 Å². The zero-order valence-corrected chi connectivity index (χ0v) is 38.5. The Morgan fingerprint density at radius 3 is 1.45 bits per heavy atom. The Morgan fingerprint density at radius 2 is 0.859 bits per heavy atom. The lowest BCUT2D eigenvalue weighted by molar-refractivity contribution is 0.588. The highest BCUT2D eigenvalue weighted by molar-refractivity contribution is 6.20. The van der Waals surface area contributed by atoms with Crippen LogP contribution >= 0.6 is 0 Å². The highest BCUT2D eigenvalue weighted by atomic mass is 15.2. The zero-order chi connectivity index (χ0) is 44.3. The molecule has 0 spiro atoms. The van der Waals surface area contributed by atoms with Gasteiger partial charge in [0.15, 0.2) is 0 Å². The number of aryl methyl sites for hydroxylation is 2. The second kappa shape index (κ2) is 16.0. The highest BCUT2D eigenvalue weighted by Crippen LogP contribution is 2.51. The Morgan fingerprint density at radius 1 is 0.391 bits per heavy atom. The normalized spacial score (nSPS) is 15.9. The number of benzene rings is 8. The number of para-hydroxylation sites is 2. The van der Waals surface area contributed by atoms with Gasteiger partial charge in [0.2, 0.25) is 0 Å². The minimum atomic E-state index is -0.0601. The quantitative estimate of drug-likeness (QED) is 0.148. The van der Waals surface area contributed by atoms with Gasteiger partial charge in [-0.15, -0.1) is 0 Å². The molecule has 2 aliphatic rings. The van der Waals surface area contributed by atoms with Crippen LogP contribution in [0.15, 0.2) is 194 Å². The molecule has 8 aromatic carbocycles. The summed E-state index contributed by atoms with van der Waals surface area (Å²) in [5, 5.41) is 7.57. The summed E-state index contributed by atoms with van der Waals surface area (Å²) in [5.74, 6) is 0.117. The van der Waals surface area contributed by atoms with Gasteiger partial charge in [0.25, 0.3) is 0 Å². The molecule has 0 aliphatic heterocycles. The van der Waals surface area contributed by atoms with Gasteiger partial charge in [0.05, 0.1) is 5.69 Å². The summed E-state index contributed by atoms with van der Waals surface area (Å²) in [5.41, 5.74) is 14.8. The lowest BCUT2D eigenvalue weighted by Crippen LogP contribution is -2.45. The molecule has 2 heteroatoms. The molecule has 2 aliphatic carbocycles. The van der Waals surface area contributed by atoms with Gasteiger partial charge in [-0.2, -0.15) is 0 Å². The van der Waals surface area contributed by atoms with Crippen LogP contribution in [0.1, 0.15) is 69.4 Å². The maximum atomic E-state index is 2.54. The molecule has 2 nitrogen and oxygen atoms in total. The molecule has 2 unspecified atom stereocenters. The van der Waals surface area contributed by atoms with Crippen molar-refractivity contribution < 1.29 is 0 Å². The molecule has 0 fully saturated rings. The van der Waals surface area contributed by atoms with Crippen molar-refractivity contribution in [1.29, 1.82) is 0 Å². The number of fused-ring (bicyclic) bond motifs is 4. The van der Waals surface area contributed by atoms with Crippen molar-refractivity contribution in [2.45, 2.75) is 66.2 Å². The van der Waals surface area contributed by atoms with Crippen LogP contribution in [0.2, 0.25) is 0 Å². The predicted octanol–water partition coefficient (Wildman–Crippen LogP) is 15.2. The number of nitrogens with zero attached hydrogens (tertiary/aromatic N) is 2. The van der Waals surface area contributed by atoms with E-state index in [9.17, 15) is 0 Å². The third-order valence-electron chi connectivity index (χ3n) is 13.4. The number of anilines is 5. The fraction of sp³-hybridized carbons (Fsp3) is 0.194. The van der Waals surface area contributed by atoms with Gasteiger partial charge in [-0.3, -0.25) is 0 Å². The Hall–Kier alpha value is -6.90. The summed E-state index contributed by atoms with van der Waals surface area (Å²) < 4.78 is 0. The number of allylic oxidation sites excluding steroid dienone is 3. The third-order valence-corrected chi connectivity index (χ3v) is 13.4. The van der Waals surface area contributed by atoms with E-state index in [1.165, 1.54) is 76.8 Å². The molecule has 0 heterocycles. The molecular weight excluding hydrogens is 773 g/mol. The van der Waals surface area contributed by atoms with Crippen LogP contribution in [0.5, 0.6) is 0 Å². The first-order valence-electron chi connectivity index (χ1n) is 22.9. The van der Waals surface area contributed by atoms with Crippen LogP contribution in [0.25, 0.3) is 32.8 Å². The molecule has 0 saturated carbocycles. The summed E-state index contributed by atoms with van der Waals surface area (Å²) in [4.78, 5) is 5.03. The van der Waals surface area contributed by atoms with Crippen LogP contribution in [-0.4, -0.2) is 0 Å².